The Morgan fingerprint density at radius 1 is 1.23 bits per heavy atom. The lowest BCUT2D eigenvalue weighted by Gasteiger charge is -2.46. The quantitative estimate of drug-likeness (QED) is 0.795. The second-order valence-electron chi connectivity index (χ2n) is 8.74. The number of amides is 1. The number of hydrogen-bond acceptors (Lipinski definition) is 4. The number of carbonyl (C=O) groups excluding carboxylic acids is 1. The molecule has 1 saturated carbocycles. The molecule has 1 N–H and O–H groups in total. The van der Waals surface area contributed by atoms with Crippen molar-refractivity contribution in [3.8, 4) is 0 Å². The number of benzene rings is 1. The highest BCUT2D eigenvalue weighted by atomic mass is 16.5. The Labute approximate surface area is 178 Å². The number of aromatic nitrogens is 1. The Morgan fingerprint density at radius 3 is 2.77 bits per heavy atom. The summed E-state index contributed by atoms with van der Waals surface area (Å²) >= 11 is 0. The first-order valence-electron chi connectivity index (χ1n) is 11.0. The van der Waals surface area contributed by atoms with E-state index in [4.69, 9.17) is 4.74 Å². The molecule has 5 nitrogen and oxygen atoms in total. The molecule has 1 aromatic carbocycles. The number of ether oxygens (including phenoxy) is 1. The highest BCUT2D eigenvalue weighted by Gasteiger charge is 2.47. The Balaban J connectivity index is 1.61. The van der Waals surface area contributed by atoms with Crippen molar-refractivity contribution in [3.63, 3.8) is 0 Å². The molecule has 3 heterocycles. The molecule has 2 aromatic rings. The maximum absolute atomic E-state index is 12.8. The van der Waals surface area contributed by atoms with Crippen molar-refractivity contribution in [1.82, 2.24) is 4.98 Å². The van der Waals surface area contributed by atoms with Crippen molar-refractivity contribution in [1.29, 1.82) is 0 Å². The lowest BCUT2D eigenvalue weighted by Crippen LogP contribution is -2.51. The van der Waals surface area contributed by atoms with E-state index < -0.39 is 0 Å². The Bertz CT molecular complexity index is 968. The van der Waals surface area contributed by atoms with Crippen molar-refractivity contribution in [2.45, 2.75) is 45.2 Å². The van der Waals surface area contributed by atoms with Crippen molar-refractivity contribution >= 4 is 23.0 Å². The Hall–Kier alpha value is -2.66. The van der Waals surface area contributed by atoms with Crippen molar-refractivity contribution in [2.75, 3.05) is 23.4 Å². The fraction of sp³-hybridized carbons (Fsp3) is 0.440. The fourth-order valence-electron chi connectivity index (χ4n) is 5.16. The van der Waals surface area contributed by atoms with E-state index in [1.807, 2.05) is 24.4 Å². The highest BCUT2D eigenvalue weighted by molar-refractivity contribution is 5.94. The molecule has 0 bridgehead atoms. The van der Waals surface area contributed by atoms with E-state index in [1.54, 1.807) is 6.92 Å². The number of rotatable bonds is 4. The molecule has 1 fully saturated rings. The average Bonchev–Trinajstić information content (AvgIpc) is 3.61. The van der Waals surface area contributed by atoms with Crippen LogP contribution in [0.1, 0.15) is 50.3 Å². The number of anilines is 2. The monoisotopic (exact) mass is 403 g/mol. The molecular weight excluding hydrogens is 374 g/mol. The first-order valence-corrected chi connectivity index (χ1v) is 11.0. The van der Waals surface area contributed by atoms with Gasteiger partial charge in [0.25, 0.3) is 0 Å². The van der Waals surface area contributed by atoms with Crippen LogP contribution < -0.4 is 10.2 Å². The normalized spacial score (nSPS) is 26.0. The van der Waals surface area contributed by atoms with E-state index in [1.165, 1.54) is 29.5 Å². The molecule has 30 heavy (non-hydrogen) atoms. The standard InChI is InChI=1S/C25H29N3O2/c1-16-24(27-23-5-3-4-12-26-23)21-15-20(18-10-13-30-14-11-18)8-9-22(21)28(17(2)29)25(16)19-6-7-19/h3-5,8-10,12,15-16,19,24-25H,6-7,11,13-14H2,1-2H3,(H,26,27). The zero-order valence-electron chi connectivity index (χ0n) is 17.7. The zero-order valence-corrected chi connectivity index (χ0v) is 17.7. The Morgan fingerprint density at radius 2 is 2.10 bits per heavy atom. The Kier molecular flexibility index (Phi) is 5.07. The van der Waals surface area contributed by atoms with Crippen molar-refractivity contribution in [3.05, 3.63) is 59.8 Å². The van der Waals surface area contributed by atoms with Gasteiger partial charge in [-0.15, -0.1) is 0 Å². The first kappa shape index (κ1) is 19.3. The summed E-state index contributed by atoms with van der Waals surface area (Å²) < 4.78 is 5.50. The van der Waals surface area contributed by atoms with Crippen LogP contribution in [0.15, 0.2) is 48.7 Å². The van der Waals surface area contributed by atoms with Gasteiger partial charge < -0.3 is 15.0 Å². The number of hydrogen-bond donors (Lipinski definition) is 1. The van der Waals surface area contributed by atoms with Gasteiger partial charge in [0.15, 0.2) is 0 Å². The summed E-state index contributed by atoms with van der Waals surface area (Å²) in [5, 5.41) is 3.70. The summed E-state index contributed by atoms with van der Waals surface area (Å²) in [6, 6.07) is 12.9. The van der Waals surface area contributed by atoms with Gasteiger partial charge in [0.2, 0.25) is 5.91 Å². The van der Waals surface area contributed by atoms with Gasteiger partial charge >= 0.3 is 0 Å². The van der Waals surface area contributed by atoms with E-state index in [2.05, 4.69) is 46.4 Å². The van der Waals surface area contributed by atoms with Crippen LogP contribution >= 0.6 is 0 Å². The van der Waals surface area contributed by atoms with E-state index in [9.17, 15) is 4.79 Å². The molecule has 1 aromatic heterocycles. The predicted octanol–water partition coefficient (Wildman–Crippen LogP) is 4.82. The van der Waals surface area contributed by atoms with Gasteiger partial charge in [-0.25, -0.2) is 4.98 Å². The molecule has 2 aliphatic heterocycles. The average molecular weight is 404 g/mol. The molecule has 5 heteroatoms. The number of carbonyl (C=O) groups is 1. The first-order chi connectivity index (χ1) is 14.6. The van der Waals surface area contributed by atoms with E-state index in [0.717, 1.165) is 24.5 Å². The summed E-state index contributed by atoms with van der Waals surface area (Å²) in [4.78, 5) is 19.3. The van der Waals surface area contributed by atoms with Gasteiger partial charge in [-0.3, -0.25) is 4.79 Å². The molecule has 1 amide bonds. The van der Waals surface area contributed by atoms with Crippen LogP contribution in [-0.2, 0) is 9.53 Å². The van der Waals surface area contributed by atoms with Crippen LogP contribution in [0.25, 0.3) is 5.57 Å². The lowest BCUT2D eigenvalue weighted by atomic mass is 9.79. The molecule has 3 aliphatic rings. The van der Waals surface area contributed by atoms with Crippen LogP contribution in [0.5, 0.6) is 0 Å². The predicted molar refractivity (Wildman–Crippen MR) is 119 cm³/mol. The van der Waals surface area contributed by atoms with Gasteiger partial charge in [0.05, 0.1) is 19.3 Å². The maximum Gasteiger partial charge on any atom is 0.224 e. The van der Waals surface area contributed by atoms with Crippen LogP contribution in [-0.4, -0.2) is 30.1 Å². The maximum atomic E-state index is 12.8. The van der Waals surface area contributed by atoms with Crippen LogP contribution in [0.2, 0.25) is 0 Å². The molecule has 1 aliphatic carbocycles. The number of fused-ring (bicyclic) bond motifs is 1. The number of nitrogens with zero attached hydrogens (tertiary/aromatic N) is 2. The largest absolute Gasteiger partial charge is 0.377 e. The second kappa shape index (κ2) is 7.88. The van der Waals surface area contributed by atoms with Gasteiger partial charge in [-0.2, -0.15) is 0 Å². The fourth-order valence-corrected chi connectivity index (χ4v) is 5.16. The van der Waals surface area contributed by atoms with Gasteiger partial charge in [-0.1, -0.05) is 25.1 Å². The minimum absolute atomic E-state index is 0.108. The van der Waals surface area contributed by atoms with Crippen LogP contribution in [0.4, 0.5) is 11.5 Å². The third kappa shape index (κ3) is 3.52. The van der Waals surface area contributed by atoms with Crippen molar-refractivity contribution in [2.24, 2.45) is 11.8 Å². The third-order valence-corrected chi connectivity index (χ3v) is 6.73. The van der Waals surface area contributed by atoms with Crippen molar-refractivity contribution < 1.29 is 9.53 Å². The van der Waals surface area contributed by atoms with Crippen LogP contribution in [0.3, 0.4) is 0 Å². The molecule has 0 radical (unpaired) electrons. The van der Waals surface area contributed by atoms with Gasteiger partial charge in [0, 0.05) is 30.8 Å². The SMILES string of the molecule is CC(=O)N1c2ccc(C3=CCOCC3)cc2C(Nc2ccccn2)C(C)C1C1CC1. The number of pyridine rings is 1. The molecule has 0 saturated heterocycles. The second-order valence-corrected chi connectivity index (χ2v) is 8.74. The summed E-state index contributed by atoms with van der Waals surface area (Å²) in [6.07, 6.45) is 7.33. The molecular formula is C25H29N3O2. The molecule has 3 atom stereocenters. The molecule has 5 rings (SSSR count). The summed E-state index contributed by atoms with van der Waals surface area (Å²) in [7, 11) is 0. The minimum atomic E-state index is 0.108. The van der Waals surface area contributed by atoms with Crippen LogP contribution in [0, 0.1) is 11.8 Å². The van der Waals surface area contributed by atoms with E-state index >= 15 is 0 Å². The zero-order chi connectivity index (χ0) is 20.7. The highest BCUT2D eigenvalue weighted by Crippen LogP contribution is 2.50. The minimum Gasteiger partial charge on any atom is -0.377 e. The lowest BCUT2D eigenvalue weighted by molar-refractivity contribution is -0.117. The third-order valence-electron chi connectivity index (χ3n) is 6.73. The molecule has 3 unspecified atom stereocenters. The molecule has 0 spiro atoms. The smallest absolute Gasteiger partial charge is 0.224 e. The topological polar surface area (TPSA) is 54.5 Å². The van der Waals surface area contributed by atoms with E-state index in [0.29, 0.717) is 12.5 Å². The summed E-state index contributed by atoms with van der Waals surface area (Å²) in [5.74, 6) is 1.88. The van der Waals surface area contributed by atoms with Gasteiger partial charge in [0.1, 0.15) is 5.82 Å². The summed E-state index contributed by atoms with van der Waals surface area (Å²) in [5.41, 5.74) is 4.78. The number of nitrogens with one attached hydrogen (secondary N) is 1. The van der Waals surface area contributed by atoms with E-state index in [-0.39, 0.29) is 23.9 Å². The summed E-state index contributed by atoms with van der Waals surface area (Å²) in [6.45, 7) is 5.41. The van der Waals surface area contributed by atoms with Gasteiger partial charge in [-0.05, 0) is 66.1 Å². The molecule has 156 valence electrons.